The Labute approximate surface area is 201 Å². The molecule has 1 saturated heterocycles. The molecular formula is C22H22Cl2N6OS. The molecular weight excluding hydrogens is 467 g/mol. The molecule has 1 aliphatic rings. The number of amides is 1. The van der Waals surface area contributed by atoms with E-state index in [1.165, 1.54) is 0 Å². The van der Waals surface area contributed by atoms with Crippen molar-refractivity contribution in [1.29, 1.82) is 0 Å². The van der Waals surface area contributed by atoms with Crippen LogP contribution in [0.1, 0.15) is 10.4 Å². The Morgan fingerprint density at radius 2 is 1.75 bits per heavy atom. The maximum Gasteiger partial charge on any atom is 0.258 e. The minimum absolute atomic E-state index is 0.234. The Morgan fingerprint density at radius 3 is 2.41 bits per heavy atom. The van der Waals surface area contributed by atoms with Gasteiger partial charge in [-0.25, -0.2) is 14.3 Å². The lowest BCUT2D eigenvalue weighted by Gasteiger charge is -2.34. The predicted molar refractivity (Wildman–Crippen MR) is 133 cm³/mol. The SMILES string of the molecule is CSN1CCN(c2ccc(Nc3cc(NC(=O)c4c(Cl)cccc4Cl)ccn3)nc2)CC1. The number of nitrogens with zero attached hydrogens (tertiary/aromatic N) is 4. The van der Waals surface area contributed by atoms with Crippen LogP contribution in [0, 0.1) is 0 Å². The first-order valence-corrected chi connectivity index (χ1v) is 12.0. The van der Waals surface area contributed by atoms with Crippen molar-refractivity contribution in [1.82, 2.24) is 14.3 Å². The second-order valence-electron chi connectivity index (χ2n) is 7.11. The fourth-order valence-corrected chi connectivity index (χ4v) is 4.49. The molecule has 3 aromatic rings. The van der Waals surface area contributed by atoms with Crippen LogP contribution < -0.4 is 15.5 Å². The third kappa shape index (κ3) is 5.45. The molecule has 0 saturated carbocycles. The quantitative estimate of drug-likeness (QED) is 0.463. The van der Waals surface area contributed by atoms with Gasteiger partial charge in [-0.2, -0.15) is 0 Å². The second kappa shape index (κ2) is 10.4. The largest absolute Gasteiger partial charge is 0.368 e. The highest BCUT2D eigenvalue weighted by Crippen LogP contribution is 2.26. The number of aromatic nitrogens is 2. The first-order chi connectivity index (χ1) is 15.5. The van der Waals surface area contributed by atoms with Gasteiger partial charge in [-0.1, -0.05) is 41.2 Å². The summed E-state index contributed by atoms with van der Waals surface area (Å²) in [6, 6.07) is 12.3. The number of hydrogen-bond donors (Lipinski definition) is 2. The summed E-state index contributed by atoms with van der Waals surface area (Å²) in [6.07, 6.45) is 5.58. The van der Waals surface area contributed by atoms with Crippen LogP contribution >= 0.6 is 35.1 Å². The molecule has 1 aromatic carbocycles. The number of benzene rings is 1. The Bertz CT molecular complexity index is 1070. The zero-order valence-corrected chi connectivity index (χ0v) is 19.7. The summed E-state index contributed by atoms with van der Waals surface area (Å²) in [5.74, 6) is 0.838. The van der Waals surface area contributed by atoms with Crippen LogP contribution in [0.3, 0.4) is 0 Å². The molecule has 0 radical (unpaired) electrons. The first-order valence-electron chi connectivity index (χ1n) is 10.0. The summed E-state index contributed by atoms with van der Waals surface area (Å²) in [4.78, 5) is 23.8. The smallest absolute Gasteiger partial charge is 0.258 e. The van der Waals surface area contributed by atoms with Gasteiger partial charge in [-0.05, 0) is 36.6 Å². The number of carbonyl (C=O) groups is 1. The van der Waals surface area contributed by atoms with Crippen molar-refractivity contribution in [2.24, 2.45) is 0 Å². The molecule has 3 heterocycles. The predicted octanol–water partition coefficient (Wildman–Crippen LogP) is 5.18. The Kier molecular flexibility index (Phi) is 7.36. The van der Waals surface area contributed by atoms with Crippen LogP contribution in [0.25, 0.3) is 0 Å². The highest BCUT2D eigenvalue weighted by atomic mass is 35.5. The van der Waals surface area contributed by atoms with Crippen molar-refractivity contribution in [3.8, 4) is 0 Å². The molecule has 0 spiro atoms. The zero-order chi connectivity index (χ0) is 22.5. The number of hydrogen-bond acceptors (Lipinski definition) is 7. The highest BCUT2D eigenvalue weighted by molar-refractivity contribution is 7.96. The Hall–Kier alpha value is -2.52. The van der Waals surface area contributed by atoms with Crippen LogP contribution in [0.2, 0.25) is 10.0 Å². The number of anilines is 4. The van der Waals surface area contributed by atoms with Crippen LogP contribution in [0.4, 0.5) is 23.0 Å². The van der Waals surface area contributed by atoms with Crippen molar-refractivity contribution in [2.45, 2.75) is 0 Å². The summed E-state index contributed by atoms with van der Waals surface area (Å²) in [7, 11) is 0. The van der Waals surface area contributed by atoms with E-state index < -0.39 is 0 Å². The van der Waals surface area contributed by atoms with E-state index in [0.717, 1.165) is 31.9 Å². The number of nitrogens with one attached hydrogen (secondary N) is 2. The van der Waals surface area contributed by atoms with Gasteiger partial charge in [-0.3, -0.25) is 4.79 Å². The van der Waals surface area contributed by atoms with E-state index in [9.17, 15) is 4.79 Å². The zero-order valence-electron chi connectivity index (χ0n) is 17.4. The highest BCUT2D eigenvalue weighted by Gasteiger charge is 2.17. The first kappa shape index (κ1) is 22.7. The third-order valence-corrected chi connectivity index (χ3v) is 6.59. The molecule has 1 aliphatic heterocycles. The third-order valence-electron chi connectivity index (χ3n) is 5.07. The molecule has 10 heteroatoms. The van der Waals surface area contributed by atoms with E-state index in [0.29, 0.717) is 27.4 Å². The summed E-state index contributed by atoms with van der Waals surface area (Å²) in [6.45, 7) is 4.02. The lowest BCUT2D eigenvalue weighted by molar-refractivity contribution is 0.102. The van der Waals surface area contributed by atoms with Crippen molar-refractivity contribution < 1.29 is 4.79 Å². The lowest BCUT2D eigenvalue weighted by atomic mass is 10.2. The molecule has 1 amide bonds. The standard InChI is InChI=1S/C22H22Cl2N6OS/c1-32-30-11-9-29(10-12-30)16-5-6-19(26-14-16)28-20-13-15(7-8-25-20)27-22(31)21-17(23)3-2-4-18(21)24/h2-8,13-14H,9-12H2,1H3,(H2,25,26,27,28,31). The Balaban J connectivity index is 1.40. The molecule has 2 N–H and O–H groups in total. The molecule has 7 nitrogen and oxygen atoms in total. The van der Waals surface area contributed by atoms with Gasteiger partial charge >= 0.3 is 0 Å². The van der Waals surface area contributed by atoms with Gasteiger partial charge in [-0.15, -0.1) is 0 Å². The van der Waals surface area contributed by atoms with E-state index in [-0.39, 0.29) is 11.5 Å². The van der Waals surface area contributed by atoms with E-state index in [4.69, 9.17) is 23.2 Å². The van der Waals surface area contributed by atoms with Gasteiger partial charge in [0.1, 0.15) is 11.6 Å². The molecule has 0 aliphatic carbocycles. The molecule has 4 rings (SSSR count). The molecule has 2 aromatic heterocycles. The minimum atomic E-state index is -0.387. The lowest BCUT2D eigenvalue weighted by Crippen LogP contribution is -2.43. The fourth-order valence-electron chi connectivity index (χ4n) is 3.39. The molecule has 1 fully saturated rings. The summed E-state index contributed by atoms with van der Waals surface area (Å²) < 4.78 is 2.36. The topological polar surface area (TPSA) is 73.4 Å². The Morgan fingerprint density at radius 1 is 1.00 bits per heavy atom. The molecule has 32 heavy (non-hydrogen) atoms. The van der Waals surface area contributed by atoms with E-state index in [1.807, 2.05) is 12.3 Å². The van der Waals surface area contributed by atoms with Crippen molar-refractivity contribution in [2.75, 3.05) is 48.0 Å². The van der Waals surface area contributed by atoms with Gasteiger partial charge < -0.3 is 15.5 Å². The minimum Gasteiger partial charge on any atom is -0.368 e. The number of pyridine rings is 2. The van der Waals surface area contributed by atoms with Gasteiger partial charge in [0.2, 0.25) is 0 Å². The van der Waals surface area contributed by atoms with Gasteiger partial charge in [0.05, 0.1) is 27.5 Å². The van der Waals surface area contributed by atoms with Gasteiger partial charge in [0.25, 0.3) is 5.91 Å². The van der Waals surface area contributed by atoms with Gasteiger partial charge in [0.15, 0.2) is 0 Å². The maximum atomic E-state index is 12.6. The molecule has 0 unspecified atom stereocenters. The van der Waals surface area contributed by atoms with E-state index in [2.05, 4.69) is 42.1 Å². The van der Waals surface area contributed by atoms with Crippen LogP contribution in [-0.2, 0) is 0 Å². The summed E-state index contributed by atoms with van der Waals surface area (Å²) >= 11 is 14.0. The fraction of sp³-hybridized carbons (Fsp3) is 0.227. The number of carbonyl (C=O) groups excluding carboxylic acids is 1. The van der Waals surface area contributed by atoms with Crippen molar-refractivity contribution >= 4 is 64.1 Å². The number of piperazine rings is 1. The van der Waals surface area contributed by atoms with E-state index >= 15 is 0 Å². The van der Waals surface area contributed by atoms with Gasteiger partial charge in [0, 0.05) is 44.1 Å². The molecule has 166 valence electrons. The van der Waals surface area contributed by atoms with E-state index in [1.54, 1.807) is 48.5 Å². The average molecular weight is 489 g/mol. The summed E-state index contributed by atoms with van der Waals surface area (Å²) in [5, 5.41) is 6.56. The average Bonchev–Trinajstić information content (AvgIpc) is 2.80. The normalized spacial score (nSPS) is 14.3. The number of rotatable bonds is 6. The van der Waals surface area contributed by atoms with Crippen LogP contribution in [0.5, 0.6) is 0 Å². The second-order valence-corrected chi connectivity index (χ2v) is 8.80. The van der Waals surface area contributed by atoms with Crippen LogP contribution in [-0.4, -0.2) is 52.6 Å². The molecule has 0 bridgehead atoms. The van der Waals surface area contributed by atoms with Crippen molar-refractivity contribution in [3.05, 3.63) is 70.5 Å². The summed E-state index contributed by atoms with van der Waals surface area (Å²) in [5.41, 5.74) is 1.89. The monoisotopic (exact) mass is 488 g/mol. The molecule has 0 atom stereocenters. The maximum absolute atomic E-state index is 12.6. The van der Waals surface area contributed by atoms with Crippen LogP contribution in [0.15, 0.2) is 54.9 Å². The van der Waals surface area contributed by atoms with Crippen molar-refractivity contribution in [3.63, 3.8) is 0 Å². The number of halogens is 2.